The van der Waals surface area contributed by atoms with Crippen molar-refractivity contribution in [2.45, 2.75) is 32.8 Å². The summed E-state index contributed by atoms with van der Waals surface area (Å²) >= 11 is 0. The zero-order chi connectivity index (χ0) is 26.1. The minimum atomic E-state index is -0.806. The van der Waals surface area contributed by atoms with Crippen LogP contribution in [0.15, 0.2) is 64.0 Å². The Kier molecular flexibility index (Phi) is 6.25. The number of rotatable bonds is 6. The van der Waals surface area contributed by atoms with E-state index in [9.17, 15) is 9.90 Å². The van der Waals surface area contributed by atoms with Crippen LogP contribution in [0.1, 0.15) is 38.4 Å². The van der Waals surface area contributed by atoms with Gasteiger partial charge in [0.25, 0.3) is 0 Å². The van der Waals surface area contributed by atoms with E-state index in [2.05, 4.69) is 19.9 Å². The van der Waals surface area contributed by atoms with Gasteiger partial charge in [-0.1, -0.05) is 0 Å². The van der Waals surface area contributed by atoms with Gasteiger partial charge in [0.2, 0.25) is 5.91 Å². The quantitative estimate of drug-likeness (QED) is 0.302. The number of benzene rings is 1. The second kappa shape index (κ2) is 9.67. The van der Waals surface area contributed by atoms with E-state index in [4.69, 9.17) is 15.4 Å². The summed E-state index contributed by atoms with van der Waals surface area (Å²) in [7, 11) is 0. The number of anilines is 1. The van der Waals surface area contributed by atoms with E-state index >= 15 is 0 Å². The van der Waals surface area contributed by atoms with Gasteiger partial charge in [-0.2, -0.15) is 5.26 Å². The lowest BCUT2D eigenvalue weighted by Gasteiger charge is -2.11. The van der Waals surface area contributed by atoms with Crippen LogP contribution < -0.4 is 10.6 Å². The lowest BCUT2D eigenvalue weighted by molar-refractivity contribution is -0.117. The molecule has 1 aliphatic rings. The summed E-state index contributed by atoms with van der Waals surface area (Å²) in [4.78, 5) is 31.5. The number of hydrogen-bond acceptors (Lipinski definition) is 9. The molecule has 5 rings (SSSR count). The molecule has 1 unspecified atom stereocenters. The third kappa shape index (κ3) is 4.70. The molecular weight excluding hydrogens is 472 g/mol. The highest BCUT2D eigenvalue weighted by molar-refractivity contribution is 5.95. The number of hydrogen-bond donors (Lipinski definition) is 2. The first-order chi connectivity index (χ1) is 17.8. The molecule has 1 aliphatic heterocycles. The van der Waals surface area contributed by atoms with Crippen molar-refractivity contribution in [2.75, 3.05) is 11.4 Å². The third-order valence-corrected chi connectivity index (χ3v) is 5.99. The number of nitriles is 1. The number of nitrogens with zero attached hydrogens (tertiary/aromatic N) is 7. The van der Waals surface area contributed by atoms with Gasteiger partial charge in [-0.05, 0) is 56.7 Å². The molecule has 0 saturated carbocycles. The summed E-state index contributed by atoms with van der Waals surface area (Å²) in [5, 5.41) is 19.2. The SMILES string of the molecule is CC(C=C(N)C#N)=Nc1nc(-n2cnc3ccc(-c4cnc(N5CCCC5=O)o4)cc32)ccc1C(C)O. The van der Waals surface area contributed by atoms with Crippen molar-refractivity contribution in [3.05, 3.63) is 60.2 Å². The fourth-order valence-corrected chi connectivity index (χ4v) is 4.17. The molecule has 0 spiro atoms. The Hall–Kier alpha value is -4.82. The third-order valence-electron chi connectivity index (χ3n) is 5.99. The molecule has 0 radical (unpaired) electrons. The second-order valence-corrected chi connectivity index (χ2v) is 8.70. The van der Waals surface area contributed by atoms with Gasteiger partial charge in [-0.25, -0.2) is 19.9 Å². The summed E-state index contributed by atoms with van der Waals surface area (Å²) in [6.07, 6.45) is 5.18. The van der Waals surface area contributed by atoms with Crippen LogP contribution >= 0.6 is 0 Å². The number of pyridine rings is 1. The number of aliphatic imine (C=N–C) groups is 1. The van der Waals surface area contributed by atoms with Crippen LogP contribution in [0.3, 0.4) is 0 Å². The molecule has 1 atom stereocenters. The fraction of sp³-hybridized carbons (Fsp3) is 0.231. The van der Waals surface area contributed by atoms with Gasteiger partial charge in [0.05, 0.1) is 23.3 Å². The summed E-state index contributed by atoms with van der Waals surface area (Å²) in [5.74, 6) is 1.38. The Morgan fingerprint density at radius 2 is 2.16 bits per heavy atom. The standard InChI is InChI=1S/C26H24N8O3/c1-15(10-18(28)12-27)31-25-19(16(2)35)6-8-23(32-25)34-14-30-20-7-5-17(11-21(20)34)22-13-29-26(37-22)33-9-3-4-24(33)36/h5-8,10-11,13-14,16,35H,3-4,9,28H2,1-2H3. The molecule has 0 bridgehead atoms. The first-order valence-electron chi connectivity index (χ1n) is 11.7. The van der Waals surface area contributed by atoms with Crippen LogP contribution in [0.25, 0.3) is 28.2 Å². The predicted octanol–water partition coefficient (Wildman–Crippen LogP) is 3.71. The molecule has 1 fully saturated rings. The topological polar surface area (TPSA) is 159 Å². The monoisotopic (exact) mass is 496 g/mol. The van der Waals surface area contributed by atoms with Crippen molar-refractivity contribution >= 4 is 34.5 Å². The van der Waals surface area contributed by atoms with Gasteiger partial charge >= 0.3 is 6.01 Å². The fourth-order valence-electron chi connectivity index (χ4n) is 4.17. The van der Waals surface area contributed by atoms with Crippen LogP contribution in [0.5, 0.6) is 0 Å². The van der Waals surface area contributed by atoms with Crippen molar-refractivity contribution < 1.29 is 14.3 Å². The Morgan fingerprint density at radius 1 is 1.32 bits per heavy atom. The number of aromatic nitrogens is 4. The molecule has 3 aromatic heterocycles. The Bertz CT molecular complexity index is 1610. The summed E-state index contributed by atoms with van der Waals surface area (Å²) in [6, 6.07) is 11.3. The second-order valence-electron chi connectivity index (χ2n) is 8.70. The number of carbonyl (C=O) groups is 1. The van der Waals surface area contributed by atoms with Gasteiger partial charge in [0.1, 0.15) is 23.9 Å². The molecule has 11 heteroatoms. The normalized spacial score (nSPS) is 15.4. The maximum absolute atomic E-state index is 12.0. The van der Waals surface area contributed by atoms with E-state index in [0.29, 0.717) is 47.7 Å². The van der Waals surface area contributed by atoms with Crippen LogP contribution in [-0.2, 0) is 4.79 Å². The van der Waals surface area contributed by atoms with Gasteiger partial charge in [-0.15, -0.1) is 0 Å². The van der Waals surface area contributed by atoms with Crippen LogP contribution in [0, 0.1) is 11.3 Å². The summed E-state index contributed by atoms with van der Waals surface area (Å²) in [6.45, 7) is 3.93. The smallest absolute Gasteiger partial charge is 0.304 e. The number of fused-ring (bicyclic) bond motifs is 1. The van der Waals surface area contributed by atoms with Gasteiger partial charge in [-0.3, -0.25) is 14.3 Å². The zero-order valence-electron chi connectivity index (χ0n) is 20.3. The molecule has 11 nitrogen and oxygen atoms in total. The first kappa shape index (κ1) is 23.9. The largest absolute Gasteiger partial charge is 0.423 e. The molecule has 1 amide bonds. The Morgan fingerprint density at radius 3 is 2.89 bits per heavy atom. The average Bonchev–Trinajstić information content (AvgIpc) is 3.62. The molecule has 1 saturated heterocycles. The number of oxazole rings is 1. The zero-order valence-corrected chi connectivity index (χ0v) is 20.3. The minimum absolute atomic E-state index is 0.00754. The van der Waals surface area contributed by atoms with Crippen molar-refractivity contribution in [1.29, 1.82) is 5.26 Å². The maximum atomic E-state index is 12.0. The van der Waals surface area contributed by atoms with E-state index in [1.807, 2.05) is 24.3 Å². The van der Waals surface area contributed by atoms with Crippen LogP contribution in [0.4, 0.5) is 11.8 Å². The predicted molar refractivity (Wildman–Crippen MR) is 137 cm³/mol. The highest BCUT2D eigenvalue weighted by Crippen LogP contribution is 2.31. The van der Waals surface area contributed by atoms with Crippen molar-refractivity contribution in [3.63, 3.8) is 0 Å². The first-order valence-corrected chi connectivity index (χ1v) is 11.7. The van der Waals surface area contributed by atoms with E-state index in [-0.39, 0.29) is 11.6 Å². The molecule has 4 heterocycles. The number of aliphatic hydroxyl groups is 1. The van der Waals surface area contributed by atoms with Crippen molar-refractivity contribution in [1.82, 2.24) is 19.5 Å². The minimum Gasteiger partial charge on any atom is -0.423 e. The van der Waals surface area contributed by atoms with Crippen LogP contribution in [0.2, 0.25) is 0 Å². The number of amides is 1. The van der Waals surface area contributed by atoms with Crippen LogP contribution in [-0.4, -0.2) is 42.8 Å². The summed E-state index contributed by atoms with van der Waals surface area (Å²) in [5.41, 5.74) is 8.91. The number of carbonyl (C=O) groups excluding carboxylic acids is 1. The molecule has 4 aromatic rings. The molecule has 1 aromatic carbocycles. The van der Waals surface area contributed by atoms with E-state index in [0.717, 1.165) is 23.0 Å². The number of allylic oxidation sites excluding steroid dienone is 2. The Labute approximate surface area is 212 Å². The van der Waals surface area contributed by atoms with Gasteiger partial charge < -0.3 is 15.3 Å². The molecule has 3 N–H and O–H groups in total. The summed E-state index contributed by atoms with van der Waals surface area (Å²) < 4.78 is 7.71. The van der Waals surface area contributed by atoms with E-state index < -0.39 is 6.10 Å². The van der Waals surface area contributed by atoms with Gasteiger partial charge in [0, 0.05) is 29.8 Å². The molecule has 186 valence electrons. The molecule has 37 heavy (non-hydrogen) atoms. The van der Waals surface area contributed by atoms with E-state index in [1.165, 1.54) is 6.08 Å². The maximum Gasteiger partial charge on any atom is 0.304 e. The van der Waals surface area contributed by atoms with Crippen molar-refractivity contribution in [2.24, 2.45) is 10.7 Å². The Balaban J connectivity index is 1.54. The van der Waals surface area contributed by atoms with E-state index in [1.54, 1.807) is 48.0 Å². The number of aliphatic hydroxyl groups excluding tert-OH is 1. The number of imidazole rings is 1. The van der Waals surface area contributed by atoms with Gasteiger partial charge in [0.15, 0.2) is 11.6 Å². The van der Waals surface area contributed by atoms with Crippen molar-refractivity contribution in [3.8, 4) is 23.2 Å². The molecular formula is C26H24N8O3. The lowest BCUT2D eigenvalue weighted by Crippen LogP contribution is -2.23. The highest BCUT2D eigenvalue weighted by atomic mass is 16.4. The lowest BCUT2D eigenvalue weighted by atomic mass is 10.1. The number of nitrogens with two attached hydrogens (primary N) is 1. The highest BCUT2D eigenvalue weighted by Gasteiger charge is 2.26. The average molecular weight is 497 g/mol. The molecule has 0 aliphatic carbocycles.